The van der Waals surface area contributed by atoms with Crippen molar-refractivity contribution in [1.82, 2.24) is 4.90 Å². The summed E-state index contributed by atoms with van der Waals surface area (Å²) in [5, 5.41) is 0. The van der Waals surface area contributed by atoms with Crippen molar-refractivity contribution in [3.05, 3.63) is 11.8 Å². The highest BCUT2D eigenvalue weighted by Crippen LogP contribution is 2.67. The summed E-state index contributed by atoms with van der Waals surface area (Å²) in [6, 6.07) is 0. The lowest BCUT2D eigenvalue weighted by Gasteiger charge is -2.58. The van der Waals surface area contributed by atoms with Gasteiger partial charge >= 0.3 is 0 Å². The summed E-state index contributed by atoms with van der Waals surface area (Å²) in [7, 11) is 1.96. The van der Waals surface area contributed by atoms with Gasteiger partial charge in [-0.15, -0.1) is 0 Å². The third kappa shape index (κ3) is 2.16. The quantitative estimate of drug-likeness (QED) is 0.706. The number of likely N-dealkylation sites (tertiary alicyclic amines) is 1. The van der Waals surface area contributed by atoms with Crippen LogP contribution < -0.4 is 0 Å². The van der Waals surface area contributed by atoms with E-state index in [1.165, 1.54) is 25.0 Å². The molecule has 0 bridgehead atoms. The van der Waals surface area contributed by atoms with Crippen molar-refractivity contribution in [2.24, 2.45) is 40.4 Å². The average molecular weight is 344 g/mol. The van der Waals surface area contributed by atoms with Crippen molar-refractivity contribution in [3.8, 4) is 0 Å². The third-order valence-electron chi connectivity index (χ3n) is 8.80. The number of rotatable bonds is 1. The molecule has 1 aliphatic heterocycles. The maximum Gasteiger partial charge on any atom is 0.226 e. The van der Waals surface area contributed by atoms with E-state index in [2.05, 4.69) is 26.8 Å². The van der Waals surface area contributed by atoms with Gasteiger partial charge in [-0.25, -0.2) is 0 Å². The number of piperidine rings is 1. The fourth-order valence-electron chi connectivity index (χ4n) is 7.81. The molecule has 25 heavy (non-hydrogen) atoms. The Morgan fingerprint density at radius 3 is 2.64 bits per heavy atom. The maximum absolute atomic E-state index is 12.4. The van der Waals surface area contributed by atoms with Crippen molar-refractivity contribution in [2.45, 2.75) is 66.2 Å². The van der Waals surface area contributed by atoms with E-state index in [-0.39, 0.29) is 22.7 Å². The molecule has 138 valence electrons. The third-order valence-corrected chi connectivity index (χ3v) is 8.80. The number of ketones is 1. The van der Waals surface area contributed by atoms with E-state index >= 15 is 0 Å². The standard InChI is InChI=1S/C22H33NO2/c1-13-12-17-15-6-7-18-21(3,11-9-19(25)23(18)5)16(15)8-10-22(17,4)20(13)14(2)24/h7,13,15-17,20H,6,8-12H2,1-5H3/t13-,15-,16+,17+,20-,21-,22+/m1/s1. The predicted octanol–water partition coefficient (Wildman–Crippen LogP) is 4.43. The molecule has 4 rings (SSSR count). The highest BCUT2D eigenvalue weighted by Gasteiger charge is 2.61. The van der Waals surface area contributed by atoms with Crippen molar-refractivity contribution in [1.29, 1.82) is 0 Å². The molecule has 3 heteroatoms. The molecule has 3 aliphatic carbocycles. The minimum atomic E-state index is 0.143. The minimum Gasteiger partial charge on any atom is -0.319 e. The van der Waals surface area contributed by atoms with Crippen molar-refractivity contribution >= 4 is 11.7 Å². The molecule has 0 aromatic heterocycles. The summed E-state index contributed by atoms with van der Waals surface area (Å²) in [5.74, 6) is 3.44. The molecule has 1 amide bonds. The summed E-state index contributed by atoms with van der Waals surface area (Å²) < 4.78 is 0. The molecule has 4 aliphatic rings. The first-order valence-corrected chi connectivity index (χ1v) is 10.2. The van der Waals surface area contributed by atoms with Crippen LogP contribution in [0.25, 0.3) is 0 Å². The Morgan fingerprint density at radius 2 is 1.96 bits per heavy atom. The minimum absolute atomic E-state index is 0.143. The van der Waals surface area contributed by atoms with Crippen LogP contribution in [-0.4, -0.2) is 23.6 Å². The van der Waals surface area contributed by atoms with E-state index in [0.29, 0.717) is 35.9 Å². The summed E-state index contributed by atoms with van der Waals surface area (Å²) in [4.78, 5) is 26.5. The Balaban J connectivity index is 1.71. The molecule has 1 heterocycles. The lowest BCUT2D eigenvalue weighted by Crippen LogP contribution is -2.53. The van der Waals surface area contributed by atoms with Gasteiger partial charge in [0, 0.05) is 30.5 Å². The topological polar surface area (TPSA) is 37.4 Å². The number of carbonyl (C=O) groups is 2. The van der Waals surface area contributed by atoms with Gasteiger partial charge in [-0.05, 0) is 68.1 Å². The monoisotopic (exact) mass is 343 g/mol. The van der Waals surface area contributed by atoms with Gasteiger partial charge in [0.1, 0.15) is 5.78 Å². The molecule has 2 saturated carbocycles. The number of amides is 1. The first kappa shape index (κ1) is 17.3. The SMILES string of the molecule is CC(=O)[C@H]1[C@H](C)C[C@H]2[C@@H]3CC=C4N(C)C(=O)CC[C@]4(C)[C@H]3CC[C@@]21C. The fourth-order valence-corrected chi connectivity index (χ4v) is 7.81. The summed E-state index contributed by atoms with van der Waals surface area (Å²) in [5.41, 5.74) is 1.61. The van der Waals surface area contributed by atoms with Crippen LogP contribution in [0.5, 0.6) is 0 Å². The van der Waals surface area contributed by atoms with Crippen LogP contribution in [0.2, 0.25) is 0 Å². The second kappa shape index (κ2) is 5.44. The number of Topliss-reactive ketones (excluding diaryl/α,β-unsaturated/α-hetero) is 1. The second-order valence-electron chi connectivity index (χ2n) is 9.92. The van der Waals surface area contributed by atoms with Crippen LogP contribution >= 0.6 is 0 Å². The van der Waals surface area contributed by atoms with Crippen LogP contribution in [-0.2, 0) is 9.59 Å². The lowest BCUT2D eigenvalue weighted by atomic mass is 9.49. The zero-order valence-corrected chi connectivity index (χ0v) is 16.5. The normalized spacial score (nSPS) is 49.2. The van der Waals surface area contributed by atoms with Gasteiger partial charge in [0.05, 0.1) is 0 Å². The van der Waals surface area contributed by atoms with Crippen molar-refractivity contribution < 1.29 is 9.59 Å². The van der Waals surface area contributed by atoms with Crippen LogP contribution in [0.3, 0.4) is 0 Å². The predicted molar refractivity (Wildman–Crippen MR) is 98.6 cm³/mol. The molecule has 0 N–H and O–H groups in total. The molecule has 3 fully saturated rings. The molecular weight excluding hydrogens is 310 g/mol. The Morgan fingerprint density at radius 1 is 1.24 bits per heavy atom. The van der Waals surface area contributed by atoms with Gasteiger partial charge < -0.3 is 4.90 Å². The zero-order chi connectivity index (χ0) is 18.1. The number of carbonyl (C=O) groups excluding carboxylic acids is 2. The van der Waals surface area contributed by atoms with Gasteiger partial charge in [0.2, 0.25) is 5.91 Å². The van der Waals surface area contributed by atoms with E-state index in [1.54, 1.807) is 0 Å². The molecule has 3 nitrogen and oxygen atoms in total. The molecular formula is C22H33NO2. The van der Waals surface area contributed by atoms with E-state index in [9.17, 15) is 9.59 Å². The van der Waals surface area contributed by atoms with Crippen molar-refractivity contribution in [3.63, 3.8) is 0 Å². The molecule has 0 radical (unpaired) electrons. The summed E-state index contributed by atoms with van der Waals surface area (Å²) in [6.07, 6.45) is 8.73. The molecule has 0 spiro atoms. The maximum atomic E-state index is 12.4. The molecule has 0 unspecified atom stereocenters. The van der Waals surface area contributed by atoms with Gasteiger partial charge in [-0.3, -0.25) is 9.59 Å². The van der Waals surface area contributed by atoms with Crippen LogP contribution in [0.1, 0.15) is 66.2 Å². The van der Waals surface area contributed by atoms with E-state index in [4.69, 9.17) is 0 Å². The van der Waals surface area contributed by atoms with E-state index in [1.807, 2.05) is 18.9 Å². The Labute approximate surface area is 152 Å². The molecule has 1 saturated heterocycles. The van der Waals surface area contributed by atoms with Crippen molar-refractivity contribution in [2.75, 3.05) is 7.05 Å². The highest BCUT2D eigenvalue weighted by molar-refractivity contribution is 5.80. The average Bonchev–Trinajstić information content (AvgIpc) is 2.81. The number of nitrogens with zero attached hydrogens (tertiary/aromatic N) is 1. The number of hydrogen-bond donors (Lipinski definition) is 0. The first-order valence-electron chi connectivity index (χ1n) is 10.2. The highest BCUT2D eigenvalue weighted by atomic mass is 16.2. The van der Waals surface area contributed by atoms with Gasteiger partial charge in [0.15, 0.2) is 0 Å². The number of allylic oxidation sites excluding steroid dienone is 2. The Kier molecular flexibility index (Phi) is 3.76. The molecule has 0 aromatic carbocycles. The second-order valence-corrected chi connectivity index (χ2v) is 9.92. The van der Waals surface area contributed by atoms with Gasteiger partial charge in [0.25, 0.3) is 0 Å². The first-order chi connectivity index (χ1) is 11.7. The molecule has 7 atom stereocenters. The fraction of sp³-hybridized carbons (Fsp3) is 0.818. The Bertz CT molecular complexity index is 652. The lowest BCUT2D eigenvalue weighted by molar-refractivity contribution is -0.137. The smallest absolute Gasteiger partial charge is 0.226 e. The largest absolute Gasteiger partial charge is 0.319 e. The van der Waals surface area contributed by atoms with Gasteiger partial charge in [-0.1, -0.05) is 26.8 Å². The zero-order valence-electron chi connectivity index (χ0n) is 16.5. The molecule has 0 aromatic rings. The summed E-state index contributed by atoms with van der Waals surface area (Å²) >= 11 is 0. The Hall–Kier alpha value is -1.12. The van der Waals surface area contributed by atoms with Crippen LogP contribution in [0, 0.1) is 40.4 Å². The summed E-state index contributed by atoms with van der Waals surface area (Å²) in [6.45, 7) is 8.91. The van der Waals surface area contributed by atoms with Gasteiger partial charge in [-0.2, -0.15) is 0 Å². The van der Waals surface area contributed by atoms with E-state index in [0.717, 1.165) is 12.8 Å². The number of hydrogen-bond acceptors (Lipinski definition) is 2. The van der Waals surface area contributed by atoms with Crippen LogP contribution in [0.15, 0.2) is 11.8 Å². The van der Waals surface area contributed by atoms with Crippen LogP contribution in [0.4, 0.5) is 0 Å². The number of fused-ring (bicyclic) bond motifs is 5. The van der Waals surface area contributed by atoms with E-state index < -0.39 is 0 Å².